The van der Waals surface area contributed by atoms with Crippen molar-refractivity contribution in [2.45, 2.75) is 238 Å². The van der Waals surface area contributed by atoms with Crippen molar-refractivity contribution in [2.75, 3.05) is 40.9 Å². The molecule has 0 spiro atoms. The van der Waals surface area contributed by atoms with Gasteiger partial charge in [-0.15, -0.1) is 0 Å². The van der Waals surface area contributed by atoms with Gasteiger partial charge in [0.15, 0.2) is 0 Å². The molecule has 0 aliphatic carbocycles. The first-order chi connectivity index (χ1) is 28.5. The molecule has 0 fully saturated rings. The summed E-state index contributed by atoms with van der Waals surface area (Å²) in [5.41, 5.74) is 0. The molecular weight excluding hydrogens is 756 g/mol. The van der Waals surface area contributed by atoms with E-state index in [9.17, 15) is 19.4 Å². The highest BCUT2D eigenvalue weighted by atomic mass is 31.2. The number of nitrogens with zero attached hydrogens (tertiary/aromatic N) is 1. The lowest BCUT2D eigenvalue weighted by Gasteiger charge is -2.29. The minimum absolute atomic E-state index is 0.00827. The van der Waals surface area contributed by atoms with Gasteiger partial charge in [0, 0.05) is 6.42 Å². The Morgan fingerprint density at radius 1 is 0.576 bits per heavy atom. The molecule has 3 atom stereocenters. The van der Waals surface area contributed by atoms with Gasteiger partial charge in [-0.3, -0.25) is 9.36 Å². The number of aliphatic hydroxyl groups excluding tert-OH is 1. The fraction of sp³-hybridized carbons (Fsp3) is 0.860. The van der Waals surface area contributed by atoms with E-state index >= 15 is 0 Å². The van der Waals surface area contributed by atoms with Crippen molar-refractivity contribution in [3.63, 3.8) is 0 Å². The van der Waals surface area contributed by atoms with Crippen LogP contribution in [0.4, 0.5) is 0 Å². The molecule has 3 unspecified atom stereocenters. The van der Waals surface area contributed by atoms with E-state index in [1.165, 1.54) is 161 Å². The van der Waals surface area contributed by atoms with Crippen molar-refractivity contribution >= 4 is 13.7 Å². The average molecular weight is 853 g/mol. The highest BCUT2D eigenvalue weighted by Gasteiger charge is 2.23. The summed E-state index contributed by atoms with van der Waals surface area (Å²) in [4.78, 5) is 25.2. The summed E-state index contributed by atoms with van der Waals surface area (Å²) in [5.74, 6) is -0.216. The molecule has 0 saturated heterocycles. The molecule has 0 heterocycles. The van der Waals surface area contributed by atoms with E-state index in [0.29, 0.717) is 17.4 Å². The third kappa shape index (κ3) is 44.6. The number of nitrogens with one attached hydrogen (secondary N) is 1. The summed E-state index contributed by atoms with van der Waals surface area (Å²) in [6.07, 6.45) is 52.4. The smallest absolute Gasteiger partial charge is 0.268 e. The monoisotopic (exact) mass is 853 g/mol. The number of phosphoric ester groups is 1. The Morgan fingerprint density at radius 3 is 1.37 bits per heavy atom. The molecule has 0 aliphatic rings. The van der Waals surface area contributed by atoms with Crippen LogP contribution in [0.2, 0.25) is 0 Å². The standard InChI is InChI=1S/C50H97N2O6P/c1-6-8-10-12-14-16-17-18-19-20-21-22-23-24-25-26-27-28-29-30-31-32-33-34-35-36-37-39-41-43-49(53)48(47-58-59(55,56)57-46-45-52(3,4)5)51-50(54)44-42-40-38-15-13-11-9-7-2/h31-32,35-36,41,43,48-49,53H,6-30,33-34,37-40,42,44-47H2,1-5H3,(H-,51,54,55,56)/b32-31+,36-35+,43-41+. The normalized spacial score (nSPS) is 14.5. The molecule has 0 aromatic rings. The van der Waals surface area contributed by atoms with Crippen LogP contribution in [0.25, 0.3) is 0 Å². The van der Waals surface area contributed by atoms with E-state index in [2.05, 4.69) is 43.5 Å². The van der Waals surface area contributed by atoms with Crippen LogP contribution in [0.1, 0.15) is 226 Å². The Balaban J connectivity index is 4.16. The molecule has 0 aliphatic heterocycles. The number of carbonyl (C=O) groups excluding carboxylic acids is 1. The van der Waals surface area contributed by atoms with Crippen molar-refractivity contribution in [1.29, 1.82) is 0 Å². The topological polar surface area (TPSA) is 108 Å². The van der Waals surface area contributed by atoms with Crippen LogP contribution in [0.3, 0.4) is 0 Å². The molecule has 0 bridgehead atoms. The lowest BCUT2D eigenvalue weighted by atomic mass is 10.0. The van der Waals surface area contributed by atoms with Crippen LogP contribution in [0.5, 0.6) is 0 Å². The first kappa shape index (κ1) is 57.7. The van der Waals surface area contributed by atoms with Crippen LogP contribution < -0.4 is 10.2 Å². The zero-order valence-corrected chi connectivity index (χ0v) is 40.4. The molecule has 0 aromatic carbocycles. The maximum atomic E-state index is 12.7. The third-order valence-electron chi connectivity index (χ3n) is 11.1. The maximum Gasteiger partial charge on any atom is 0.268 e. The Labute approximate surface area is 366 Å². The van der Waals surface area contributed by atoms with Crippen molar-refractivity contribution in [1.82, 2.24) is 5.32 Å². The van der Waals surface area contributed by atoms with Gasteiger partial charge >= 0.3 is 0 Å². The van der Waals surface area contributed by atoms with E-state index < -0.39 is 26.6 Å². The maximum absolute atomic E-state index is 12.7. The number of rotatable bonds is 45. The number of hydrogen-bond donors (Lipinski definition) is 2. The van der Waals surface area contributed by atoms with E-state index in [-0.39, 0.29) is 12.5 Å². The SMILES string of the molecule is CCCCCCCCCCCCCCCCCCCCC/C=C/CC/C=C/CC/C=C/C(O)C(COP(=O)([O-])OCC[N+](C)(C)C)NC(=O)CCCCCCCCCC. The molecule has 1 amide bonds. The second-order valence-electron chi connectivity index (χ2n) is 18.2. The van der Waals surface area contributed by atoms with Crippen LogP contribution >= 0.6 is 7.82 Å². The quantitative estimate of drug-likeness (QED) is 0.0273. The Hall–Kier alpha value is -1.28. The van der Waals surface area contributed by atoms with E-state index in [1.54, 1.807) is 6.08 Å². The fourth-order valence-corrected chi connectivity index (χ4v) is 7.85. The number of aliphatic hydroxyl groups is 1. The number of likely N-dealkylation sites (N-methyl/N-ethyl adjacent to an activating group) is 1. The average Bonchev–Trinajstić information content (AvgIpc) is 3.19. The van der Waals surface area contributed by atoms with Crippen molar-refractivity contribution in [3.05, 3.63) is 36.5 Å². The molecule has 0 radical (unpaired) electrons. The number of hydrogen-bond acceptors (Lipinski definition) is 6. The van der Waals surface area contributed by atoms with Gasteiger partial charge in [0.05, 0.1) is 39.9 Å². The second-order valence-corrected chi connectivity index (χ2v) is 19.6. The van der Waals surface area contributed by atoms with Crippen LogP contribution in [-0.2, 0) is 18.4 Å². The van der Waals surface area contributed by atoms with Gasteiger partial charge < -0.3 is 28.8 Å². The van der Waals surface area contributed by atoms with Crippen LogP contribution in [0.15, 0.2) is 36.5 Å². The molecule has 8 nitrogen and oxygen atoms in total. The number of quaternary nitrogens is 1. The molecule has 2 N–H and O–H groups in total. The predicted octanol–water partition coefficient (Wildman–Crippen LogP) is 13.6. The first-order valence-electron chi connectivity index (χ1n) is 24.9. The van der Waals surface area contributed by atoms with Gasteiger partial charge in [-0.2, -0.15) is 0 Å². The Kier molecular flexibility index (Phi) is 41.1. The van der Waals surface area contributed by atoms with Crippen molar-refractivity contribution in [3.8, 4) is 0 Å². The highest BCUT2D eigenvalue weighted by molar-refractivity contribution is 7.45. The summed E-state index contributed by atoms with van der Waals surface area (Å²) < 4.78 is 23.1. The number of allylic oxidation sites excluding steroid dienone is 5. The lowest BCUT2D eigenvalue weighted by Crippen LogP contribution is -2.45. The van der Waals surface area contributed by atoms with Gasteiger partial charge in [0.25, 0.3) is 7.82 Å². The van der Waals surface area contributed by atoms with Gasteiger partial charge in [-0.1, -0.05) is 211 Å². The summed E-state index contributed by atoms with van der Waals surface area (Å²) in [5, 5.41) is 13.7. The van der Waals surface area contributed by atoms with Crippen molar-refractivity contribution in [2.24, 2.45) is 0 Å². The third-order valence-corrected chi connectivity index (χ3v) is 12.0. The minimum Gasteiger partial charge on any atom is -0.756 e. The molecule has 0 aromatic heterocycles. The largest absolute Gasteiger partial charge is 0.756 e. The lowest BCUT2D eigenvalue weighted by molar-refractivity contribution is -0.870. The summed E-state index contributed by atoms with van der Waals surface area (Å²) in [6, 6.07) is -0.904. The predicted molar refractivity (Wildman–Crippen MR) is 251 cm³/mol. The minimum atomic E-state index is -4.59. The number of carbonyl (C=O) groups is 1. The Bertz CT molecular complexity index is 1060. The van der Waals surface area contributed by atoms with E-state index in [0.717, 1.165) is 44.9 Å². The summed E-state index contributed by atoms with van der Waals surface area (Å²) >= 11 is 0. The van der Waals surface area contributed by atoms with E-state index in [1.807, 2.05) is 27.2 Å². The number of phosphoric acid groups is 1. The molecule has 9 heteroatoms. The molecule has 348 valence electrons. The van der Waals surface area contributed by atoms with Gasteiger partial charge in [0.1, 0.15) is 13.2 Å². The van der Waals surface area contributed by atoms with Gasteiger partial charge in [0.2, 0.25) is 5.91 Å². The van der Waals surface area contributed by atoms with E-state index in [4.69, 9.17) is 9.05 Å². The fourth-order valence-electron chi connectivity index (χ4n) is 7.13. The van der Waals surface area contributed by atoms with Crippen molar-refractivity contribution < 1.29 is 32.9 Å². The second kappa shape index (κ2) is 42.0. The Morgan fingerprint density at radius 2 is 0.949 bits per heavy atom. The van der Waals surface area contributed by atoms with Gasteiger partial charge in [-0.25, -0.2) is 0 Å². The molecule has 0 saturated carbocycles. The molecule has 59 heavy (non-hydrogen) atoms. The molecule has 0 rings (SSSR count). The molecular formula is C50H97N2O6P. The number of amides is 1. The zero-order valence-electron chi connectivity index (χ0n) is 39.5. The van der Waals surface area contributed by atoms with Gasteiger partial charge in [-0.05, 0) is 44.9 Å². The van der Waals surface area contributed by atoms with Crippen LogP contribution in [-0.4, -0.2) is 68.5 Å². The highest BCUT2D eigenvalue weighted by Crippen LogP contribution is 2.38. The summed E-state index contributed by atoms with van der Waals surface area (Å²) in [6.45, 7) is 4.59. The summed E-state index contributed by atoms with van der Waals surface area (Å²) in [7, 11) is 1.24. The first-order valence-corrected chi connectivity index (χ1v) is 26.3. The zero-order chi connectivity index (χ0) is 43.6. The van der Waals surface area contributed by atoms with Crippen LogP contribution in [0, 0.1) is 0 Å². The number of unbranched alkanes of at least 4 members (excludes halogenated alkanes) is 28.